The lowest BCUT2D eigenvalue weighted by Crippen LogP contribution is -1.96. The minimum absolute atomic E-state index is 0.00202. The molecule has 0 heterocycles. The summed E-state index contributed by atoms with van der Waals surface area (Å²) in [4.78, 5) is 11.1. The lowest BCUT2D eigenvalue weighted by molar-refractivity contribution is 0.101. The predicted octanol–water partition coefficient (Wildman–Crippen LogP) is 3.78. The Morgan fingerprint density at radius 3 is 2.37 bits per heavy atom. The summed E-state index contributed by atoms with van der Waals surface area (Å²) in [6.07, 6.45) is 0. The van der Waals surface area contributed by atoms with Crippen LogP contribution in [-0.4, -0.2) is 12.9 Å². The Morgan fingerprint density at radius 2 is 1.84 bits per heavy atom. The van der Waals surface area contributed by atoms with E-state index in [1.54, 1.807) is 36.4 Å². The Bertz CT molecular complexity index is 594. The van der Waals surface area contributed by atoms with E-state index in [2.05, 4.69) is 5.32 Å². The van der Waals surface area contributed by atoms with Crippen LogP contribution in [0.5, 0.6) is 5.75 Å². The van der Waals surface area contributed by atoms with Crippen molar-refractivity contribution in [3.05, 3.63) is 53.8 Å². The Hall–Kier alpha value is -2.36. The van der Waals surface area contributed by atoms with E-state index in [4.69, 9.17) is 4.74 Å². The van der Waals surface area contributed by atoms with Gasteiger partial charge >= 0.3 is 0 Å². The van der Waals surface area contributed by atoms with Crippen molar-refractivity contribution >= 4 is 17.2 Å². The van der Waals surface area contributed by atoms with Crippen LogP contribution in [0.3, 0.4) is 0 Å². The quantitative estimate of drug-likeness (QED) is 0.849. The number of hydrogen-bond donors (Lipinski definition) is 1. The largest absolute Gasteiger partial charge is 0.497 e. The summed E-state index contributed by atoms with van der Waals surface area (Å²) < 4.78 is 18.7. The number of ether oxygens (including phenoxy) is 1. The molecule has 19 heavy (non-hydrogen) atoms. The first-order chi connectivity index (χ1) is 9.10. The van der Waals surface area contributed by atoms with E-state index in [1.165, 1.54) is 20.1 Å². The molecule has 0 radical (unpaired) electrons. The number of hydrogen-bond acceptors (Lipinski definition) is 3. The molecule has 0 saturated carbocycles. The predicted molar refractivity (Wildman–Crippen MR) is 72.7 cm³/mol. The smallest absolute Gasteiger partial charge is 0.159 e. The maximum absolute atomic E-state index is 13.7. The van der Waals surface area contributed by atoms with Gasteiger partial charge in [-0.05, 0) is 43.3 Å². The summed E-state index contributed by atoms with van der Waals surface area (Å²) >= 11 is 0. The first-order valence-electron chi connectivity index (χ1n) is 5.81. The summed E-state index contributed by atoms with van der Waals surface area (Å²) in [6.45, 7) is 1.51. The van der Waals surface area contributed by atoms with Gasteiger partial charge in [0.2, 0.25) is 0 Å². The average molecular weight is 259 g/mol. The van der Waals surface area contributed by atoms with Gasteiger partial charge in [0.15, 0.2) is 5.78 Å². The number of benzene rings is 2. The maximum atomic E-state index is 13.7. The first-order valence-corrected chi connectivity index (χ1v) is 5.81. The van der Waals surface area contributed by atoms with Crippen molar-refractivity contribution in [2.75, 3.05) is 12.4 Å². The minimum Gasteiger partial charge on any atom is -0.497 e. The van der Waals surface area contributed by atoms with E-state index < -0.39 is 5.82 Å². The molecule has 0 unspecified atom stereocenters. The van der Waals surface area contributed by atoms with E-state index in [0.717, 1.165) is 0 Å². The summed E-state index contributed by atoms with van der Waals surface area (Å²) in [5, 5.41) is 2.95. The van der Waals surface area contributed by atoms with Crippen molar-refractivity contribution in [2.24, 2.45) is 0 Å². The van der Waals surface area contributed by atoms with E-state index in [9.17, 15) is 9.18 Å². The maximum Gasteiger partial charge on any atom is 0.159 e. The third-order valence-electron chi connectivity index (χ3n) is 2.75. The number of rotatable bonds is 4. The van der Waals surface area contributed by atoms with Gasteiger partial charge in [0.05, 0.1) is 12.8 Å². The van der Waals surface area contributed by atoms with Crippen molar-refractivity contribution < 1.29 is 13.9 Å². The van der Waals surface area contributed by atoms with Crippen LogP contribution in [0.25, 0.3) is 0 Å². The number of anilines is 2. The number of ketones is 1. The van der Waals surface area contributed by atoms with Gasteiger partial charge in [-0.15, -0.1) is 0 Å². The molecule has 0 aromatic heterocycles. The van der Waals surface area contributed by atoms with Crippen molar-refractivity contribution in [3.8, 4) is 5.75 Å². The van der Waals surface area contributed by atoms with Gasteiger partial charge < -0.3 is 10.1 Å². The second-order valence-corrected chi connectivity index (χ2v) is 4.10. The fraction of sp³-hybridized carbons (Fsp3) is 0.133. The average Bonchev–Trinajstić information content (AvgIpc) is 2.41. The summed E-state index contributed by atoms with van der Waals surface area (Å²) in [6, 6.07) is 11.5. The van der Waals surface area contributed by atoms with Crippen molar-refractivity contribution in [3.63, 3.8) is 0 Å². The Kier molecular flexibility index (Phi) is 3.80. The second-order valence-electron chi connectivity index (χ2n) is 4.10. The minimum atomic E-state index is -0.394. The fourth-order valence-corrected chi connectivity index (χ4v) is 1.67. The SMILES string of the molecule is COc1ccc(Nc2ccc(C(C)=O)cc2)c(F)c1. The zero-order valence-electron chi connectivity index (χ0n) is 10.7. The molecular formula is C15H14FNO2. The number of Topliss-reactive ketones (excluding diaryl/α,β-unsaturated/α-hetero) is 1. The second kappa shape index (κ2) is 5.52. The Balaban J connectivity index is 2.19. The summed E-state index contributed by atoms with van der Waals surface area (Å²) in [5.74, 6) is 0.0761. The van der Waals surface area contributed by atoms with Crippen LogP contribution in [0.1, 0.15) is 17.3 Å². The number of carbonyl (C=O) groups excluding carboxylic acids is 1. The topological polar surface area (TPSA) is 38.3 Å². The molecule has 0 aliphatic carbocycles. The molecule has 2 aromatic rings. The molecule has 0 saturated heterocycles. The van der Waals surface area contributed by atoms with Crippen LogP contribution in [0.4, 0.5) is 15.8 Å². The van der Waals surface area contributed by atoms with E-state index in [1.807, 2.05) is 0 Å². The third-order valence-corrected chi connectivity index (χ3v) is 2.75. The molecular weight excluding hydrogens is 245 g/mol. The normalized spacial score (nSPS) is 10.1. The van der Waals surface area contributed by atoms with Gasteiger partial charge in [0.25, 0.3) is 0 Å². The third kappa shape index (κ3) is 3.10. The van der Waals surface area contributed by atoms with Crippen LogP contribution in [0.15, 0.2) is 42.5 Å². The molecule has 0 aliphatic rings. The number of methoxy groups -OCH3 is 1. The van der Waals surface area contributed by atoms with Crippen LogP contribution in [-0.2, 0) is 0 Å². The van der Waals surface area contributed by atoms with E-state index in [-0.39, 0.29) is 5.78 Å². The van der Waals surface area contributed by atoms with Crippen LogP contribution >= 0.6 is 0 Å². The van der Waals surface area contributed by atoms with Gasteiger partial charge in [-0.1, -0.05) is 0 Å². The summed E-state index contributed by atoms with van der Waals surface area (Å²) in [7, 11) is 1.49. The Labute approximate surface area is 111 Å². The van der Waals surface area contributed by atoms with Gasteiger partial charge in [0, 0.05) is 17.3 Å². The molecule has 0 aliphatic heterocycles. The molecule has 0 atom stereocenters. The lowest BCUT2D eigenvalue weighted by atomic mass is 10.1. The highest BCUT2D eigenvalue weighted by Gasteiger charge is 2.05. The molecule has 0 amide bonds. The molecule has 0 spiro atoms. The monoisotopic (exact) mass is 259 g/mol. The van der Waals surface area contributed by atoms with Gasteiger partial charge in [-0.2, -0.15) is 0 Å². The number of nitrogens with one attached hydrogen (secondary N) is 1. The molecule has 0 fully saturated rings. The van der Waals surface area contributed by atoms with E-state index in [0.29, 0.717) is 22.7 Å². The Morgan fingerprint density at radius 1 is 1.16 bits per heavy atom. The van der Waals surface area contributed by atoms with E-state index >= 15 is 0 Å². The van der Waals surface area contributed by atoms with Crippen molar-refractivity contribution in [2.45, 2.75) is 6.92 Å². The van der Waals surface area contributed by atoms with Crippen LogP contribution < -0.4 is 10.1 Å². The fourth-order valence-electron chi connectivity index (χ4n) is 1.67. The molecule has 0 bridgehead atoms. The van der Waals surface area contributed by atoms with Crippen LogP contribution in [0, 0.1) is 5.82 Å². The molecule has 1 N–H and O–H groups in total. The highest BCUT2D eigenvalue weighted by molar-refractivity contribution is 5.94. The van der Waals surface area contributed by atoms with Crippen molar-refractivity contribution in [1.29, 1.82) is 0 Å². The highest BCUT2D eigenvalue weighted by Crippen LogP contribution is 2.24. The highest BCUT2D eigenvalue weighted by atomic mass is 19.1. The van der Waals surface area contributed by atoms with Gasteiger partial charge in [-0.3, -0.25) is 4.79 Å². The van der Waals surface area contributed by atoms with Crippen LogP contribution in [0.2, 0.25) is 0 Å². The number of carbonyl (C=O) groups is 1. The van der Waals surface area contributed by atoms with Gasteiger partial charge in [-0.25, -0.2) is 4.39 Å². The molecule has 3 nitrogen and oxygen atoms in total. The standard InChI is InChI=1S/C15H14FNO2/c1-10(18)11-3-5-12(6-4-11)17-15-8-7-13(19-2)9-14(15)16/h3-9,17H,1-2H3. The number of halogens is 1. The molecule has 98 valence electrons. The van der Waals surface area contributed by atoms with Gasteiger partial charge in [0.1, 0.15) is 11.6 Å². The summed E-state index contributed by atoms with van der Waals surface area (Å²) in [5.41, 5.74) is 1.70. The van der Waals surface area contributed by atoms with Crippen molar-refractivity contribution in [1.82, 2.24) is 0 Å². The molecule has 2 rings (SSSR count). The molecule has 4 heteroatoms. The zero-order valence-corrected chi connectivity index (χ0v) is 10.7. The molecule has 2 aromatic carbocycles. The first kappa shape index (κ1) is 13.1. The zero-order chi connectivity index (χ0) is 13.8. The lowest BCUT2D eigenvalue weighted by Gasteiger charge is -2.09.